The Hall–Kier alpha value is 1.56. The first-order valence-corrected chi connectivity index (χ1v) is 11.0. The van der Waals surface area contributed by atoms with Crippen LogP contribution in [0.25, 0.3) is 0 Å². The summed E-state index contributed by atoms with van der Waals surface area (Å²) in [5.74, 6) is -2.49. The Morgan fingerprint density at radius 2 is 1.73 bits per heavy atom. The summed E-state index contributed by atoms with van der Waals surface area (Å²) in [6.45, 7) is 9.71. The fourth-order valence-corrected chi connectivity index (χ4v) is 6.97. The molecule has 8 nitrogen and oxygen atoms in total. The number of ketones is 1. The molecule has 2 bridgehead atoms. The van der Waals surface area contributed by atoms with Gasteiger partial charge in [0.1, 0.15) is 23.4 Å². The van der Waals surface area contributed by atoms with Gasteiger partial charge in [0.25, 0.3) is 0 Å². The van der Waals surface area contributed by atoms with Crippen LogP contribution in [0.2, 0.25) is 0 Å². The Morgan fingerprint density at radius 3 is 2.21 bits per heavy atom. The molecule has 33 heavy (non-hydrogen) atoms. The van der Waals surface area contributed by atoms with Gasteiger partial charge in [-0.2, -0.15) is 0 Å². The minimum absolute atomic E-state index is 0. The van der Waals surface area contributed by atoms with Gasteiger partial charge in [-0.25, -0.2) is 0 Å². The van der Waals surface area contributed by atoms with Gasteiger partial charge >= 0.3 is 5.97 Å². The Balaban J connectivity index is 0.00000193. The number of carbonyl (C=O) groups is 2. The van der Waals surface area contributed by atoms with E-state index in [4.69, 9.17) is 9.47 Å². The van der Waals surface area contributed by atoms with Crippen LogP contribution in [-0.4, -0.2) is 74.4 Å². The molecule has 0 aromatic rings. The number of ether oxygens (including phenoxy) is 2. The van der Waals surface area contributed by atoms with E-state index < -0.39 is 64.1 Å². The normalized spacial score (nSPS) is 48.0. The number of hydrogen-bond acceptors (Lipinski definition) is 8. The molecule has 1 aliphatic heterocycles. The van der Waals surface area contributed by atoms with Gasteiger partial charge in [0.2, 0.25) is 0 Å². The van der Waals surface area contributed by atoms with Crippen molar-refractivity contribution in [2.24, 2.45) is 22.7 Å². The van der Waals surface area contributed by atoms with Crippen molar-refractivity contribution in [1.82, 2.24) is 0 Å². The minimum Gasteiger partial charge on any atom is -0.459 e. The molecule has 0 aromatic heterocycles. The third-order valence-electron chi connectivity index (χ3n) is 9.17. The van der Waals surface area contributed by atoms with Gasteiger partial charge in [0.05, 0.1) is 18.8 Å². The van der Waals surface area contributed by atoms with Crippen LogP contribution in [0.5, 0.6) is 0 Å². The van der Waals surface area contributed by atoms with Crippen molar-refractivity contribution in [2.75, 3.05) is 6.61 Å². The molecule has 0 aromatic carbocycles. The number of Topliss-reactive ketones (excluding diaryl/α,β-unsaturated/α-hetero) is 1. The predicted molar refractivity (Wildman–Crippen MR) is 109 cm³/mol. The predicted octanol–water partition coefficient (Wildman–Crippen LogP) is 0.492. The molecule has 1 heterocycles. The van der Waals surface area contributed by atoms with E-state index in [0.29, 0.717) is 12.0 Å². The Morgan fingerprint density at radius 1 is 1.15 bits per heavy atom. The molecule has 10 heteroatoms. The molecule has 0 spiro atoms. The van der Waals surface area contributed by atoms with Crippen LogP contribution in [0.4, 0.5) is 0 Å². The standard InChI is InChI=1S/C23H34O8.2Ac/c1-10-7-14-22(28,9-30-14)17-19(31-12(3)24)23(29)8-13(25)11(2)15(20(23,4)5)16(26)18(27)21(10,17)6;;/h10,13-14,17-19,25,27-29H,7-9H2,1-6H3;;/t10-,13-,14+,17?,18+,19-,21+,22-,23+;;/m0../s1. The summed E-state index contributed by atoms with van der Waals surface area (Å²) in [7, 11) is 0. The van der Waals surface area contributed by atoms with Crippen LogP contribution in [0.1, 0.15) is 54.4 Å². The van der Waals surface area contributed by atoms with E-state index in [1.54, 1.807) is 27.7 Å². The first kappa shape index (κ1) is 30.8. The van der Waals surface area contributed by atoms with Gasteiger partial charge < -0.3 is 29.9 Å². The van der Waals surface area contributed by atoms with Crippen LogP contribution < -0.4 is 0 Å². The number of hydrogen-bond donors (Lipinski definition) is 4. The minimum atomic E-state index is -1.86. The summed E-state index contributed by atoms with van der Waals surface area (Å²) >= 11 is 0. The number of carbonyl (C=O) groups excluding carboxylic acids is 2. The summed E-state index contributed by atoms with van der Waals surface area (Å²) in [5, 5.41) is 46.1. The maximum Gasteiger partial charge on any atom is 0.303 e. The van der Waals surface area contributed by atoms with E-state index in [0.717, 1.165) is 0 Å². The van der Waals surface area contributed by atoms with E-state index in [1.165, 1.54) is 6.92 Å². The fraction of sp³-hybridized carbons (Fsp3) is 0.826. The molecule has 4 rings (SSSR count). The second-order valence-electron chi connectivity index (χ2n) is 10.9. The monoisotopic (exact) mass is 892 g/mol. The summed E-state index contributed by atoms with van der Waals surface area (Å²) in [6.07, 6.45) is -4.25. The Kier molecular flexibility index (Phi) is 9.05. The fourth-order valence-electron chi connectivity index (χ4n) is 6.97. The summed E-state index contributed by atoms with van der Waals surface area (Å²) in [5.41, 5.74) is -5.26. The molecular weight excluding hydrogens is 858 g/mol. The number of esters is 1. The maximum atomic E-state index is 13.7. The molecule has 0 amide bonds. The third kappa shape index (κ3) is 3.99. The van der Waals surface area contributed by atoms with Crippen molar-refractivity contribution in [3.63, 3.8) is 0 Å². The summed E-state index contributed by atoms with van der Waals surface area (Å²) < 4.78 is 11.4. The molecule has 1 saturated heterocycles. The van der Waals surface area contributed by atoms with Crippen molar-refractivity contribution in [3.05, 3.63) is 11.1 Å². The molecule has 180 valence electrons. The smallest absolute Gasteiger partial charge is 0.303 e. The molecule has 3 aliphatic carbocycles. The molecule has 9 atom stereocenters. The van der Waals surface area contributed by atoms with Crippen molar-refractivity contribution >= 4 is 11.8 Å². The van der Waals surface area contributed by atoms with Gasteiger partial charge in [-0.1, -0.05) is 27.7 Å². The van der Waals surface area contributed by atoms with Crippen molar-refractivity contribution in [2.45, 2.75) is 90.0 Å². The van der Waals surface area contributed by atoms with Crippen LogP contribution in [0.3, 0.4) is 0 Å². The number of aliphatic hydroxyl groups excluding tert-OH is 2. The van der Waals surface area contributed by atoms with Gasteiger partial charge in [0, 0.05) is 124 Å². The van der Waals surface area contributed by atoms with E-state index in [-0.39, 0.29) is 113 Å². The first-order chi connectivity index (χ1) is 14.1. The van der Waals surface area contributed by atoms with Gasteiger partial charge in [0.15, 0.2) is 5.78 Å². The largest absolute Gasteiger partial charge is 0.459 e. The zero-order chi connectivity index (χ0) is 23.3. The Bertz CT molecular complexity index is 875. The molecule has 4 N–H and O–H groups in total. The number of fused-ring (bicyclic) bond motifs is 5. The van der Waals surface area contributed by atoms with Crippen molar-refractivity contribution in [3.8, 4) is 0 Å². The topological polar surface area (TPSA) is 134 Å². The molecule has 3 fully saturated rings. The number of aliphatic hydroxyl groups is 4. The van der Waals surface area contributed by atoms with Crippen molar-refractivity contribution in [1.29, 1.82) is 0 Å². The summed E-state index contributed by atoms with van der Waals surface area (Å²) in [4.78, 5) is 26.0. The SMILES string of the molecule is CC(=O)O[C@H]1C2[C@](C)([C@H](O)C(=O)C3=C(C)[C@@H](O)C[C@]1(O)C3(C)C)[C@@H](C)C[C@H]1OC[C@@]21O.[Ac].[Ac]. The van der Waals surface area contributed by atoms with Crippen LogP contribution >= 0.6 is 0 Å². The van der Waals surface area contributed by atoms with E-state index in [1.807, 2.05) is 6.92 Å². The second kappa shape index (κ2) is 9.70. The van der Waals surface area contributed by atoms with E-state index >= 15 is 0 Å². The molecule has 4 aliphatic rings. The van der Waals surface area contributed by atoms with Gasteiger partial charge in [-0.05, 0) is 24.8 Å². The molecule has 1 unspecified atom stereocenters. The average molecular weight is 893 g/mol. The van der Waals surface area contributed by atoms with Crippen molar-refractivity contribution < 1.29 is 128 Å². The maximum absolute atomic E-state index is 13.7. The molecular formula is C23H34Ac2O8. The van der Waals surface area contributed by atoms with Gasteiger partial charge in [-0.3, -0.25) is 9.59 Å². The second-order valence-corrected chi connectivity index (χ2v) is 10.9. The molecule has 2 saturated carbocycles. The number of rotatable bonds is 1. The van der Waals surface area contributed by atoms with Crippen LogP contribution in [-0.2, 0) is 19.1 Å². The van der Waals surface area contributed by atoms with Gasteiger partial charge in [-0.15, -0.1) is 0 Å². The zero-order valence-electron chi connectivity index (χ0n) is 20.2. The Labute approximate surface area is 266 Å². The first-order valence-electron chi connectivity index (χ1n) is 11.0. The van der Waals surface area contributed by atoms with E-state index in [2.05, 4.69) is 0 Å². The molecule has 2 radical (unpaired) electrons. The third-order valence-corrected chi connectivity index (χ3v) is 9.17. The zero-order valence-corrected chi connectivity index (χ0v) is 29.7. The average Bonchev–Trinajstić information content (AvgIpc) is 2.66. The van der Waals surface area contributed by atoms with Crippen LogP contribution in [0.15, 0.2) is 11.1 Å². The van der Waals surface area contributed by atoms with E-state index in [9.17, 15) is 30.0 Å². The quantitative estimate of drug-likeness (QED) is 0.280. The summed E-state index contributed by atoms with van der Waals surface area (Å²) in [6, 6.07) is 0. The van der Waals surface area contributed by atoms with Crippen LogP contribution in [0, 0.1) is 111 Å².